The summed E-state index contributed by atoms with van der Waals surface area (Å²) in [5.41, 5.74) is 6.33. The van der Waals surface area contributed by atoms with Crippen LogP contribution in [0.1, 0.15) is 23.6 Å². The van der Waals surface area contributed by atoms with E-state index in [2.05, 4.69) is 20.8 Å². The van der Waals surface area contributed by atoms with Gasteiger partial charge in [-0.25, -0.2) is 9.37 Å². The maximum atomic E-state index is 13.5. The van der Waals surface area contributed by atoms with Crippen molar-refractivity contribution in [1.82, 2.24) is 10.4 Å². The third-order valence-electron chi connectivity index (χ3n) is 6.30. The number of halogens is 1. The predicted octanol–water partition coefficient (Wildman–Crippen LogP) is 4.93. The minimum Gasteiger partial charge on any atom is -0.493 e. The Morgan fingerprint density at radius 3 is 2.42 bits per heavy atom. The minimum absolute atomic E-state index is 0.140. The summed E-state index contributed by atoms with van der Waals surface area (Å²) in [4.78, 5) is 16.9. The van der Waals surface area contributed by atoms with Gasteiger partial charge in [-0.05, 0) is 48.0 Å². The number of hydrogen-bond acceptors (Lipinski definition) is 10. The van der Waals surface area contributed by atoms with Gasteiger partial charge in [-0.1, -0.05) is 17.4 Å². The van der Waals surface area contributed by atoms with E-state index in [9.17, 15) is 9.18 Å². The fourth-order valence-electron chi connectivity index (χ4n) is 4.34. The molecule has 1 amide bonds. The summed E-state index contributed by atoms with van der Waals surface area (Å²) in [5, 5.41) is 7.60. The molecule has 1 aromatic heterocycles. The van der Waals surface area contributed by atoms with Crippen LogP contribution in [0.15, 0.2) is 53.6 Å². The highest BCUT2D eigenvalue weighted by Crippen LogP contribution is 2.40. The molecule has 0 saturated carbocycles. The largest absolute Gasteiger partial charge is 0.493 e. The summed E-state index contributed by atoms with van der Waals surface area (Å²) in [6.45, 7) is -0.268. The number of hydrogen-bond donors (Lipinski definition) is 2. The Bertz CT molecular complexity index is 1570. The lowest BCUT2D eigenvalue weighted by atomic mass is 9.98. The molecule has 2 N–H and O–H groups in total. The minimum atomic E-state index is -0.404. The topological polar surface area (TPSA) is 113 Å². The molecule has 2 heterocycles. The number of methoxy groups -OCH3 is 4. The number of fused-ring (bicyclic) bond motifs is 1. The lowest BCUT2D eigenvalue weighted by molar-refractivity contribution is -0.118. The molecule has 0 saturated heterocycles. The van der Waals surface area contributed by atoms with Crippen molar-refractivity contribution in [3.05, 3.63) is 65.5 Å². The van der Waals surface area contributed by atoms with Crippen LogP contribution in [-0.4, -0.2) is 51.6 Å². The molecular weight excluding hydrogens is 539 g/mol. The van der Waals surface area contributed by atoms with Crippen LogP contribution in [0.5, 0.6) is 28.7 Å². The summed E-state index contributed by atoms with van der Waals surface area (Å²) in [5.74, 6) is 1.72. The van der Waals surface area contributed by atoms with Gasteiger partial charge in [-0.15, -0.1) is 0 Å². The van der Waals surface area contributed by atoms with Gasteiger partial charge in [0.05, 0.1) is 50.4 Å². The van der Waals surface area contributed by atoms with Crippen LogP contribution in [0.3, 0.4) is 0 Å². The molecule has 0 spiro atoms. The van der Waals surface area contributed by atoms with Crippen LogP contribution in [0.4, 0.5) is 9.52 Å². The van der Waals surface area contributed by atoms with Gasteiger partial charge in [0.1, 0.15) is 5.82 Å². The zero-order valence-corrected chi connectivity index (χ0v) is 23.1. The van der Waals surface area contributed by atoms with Crippen molar-refractivity contribution >= 4 is 38.3 Å². The van der Waals surface area contributed by atoms with E-state index in [1.165, 1.54) is 30.6 Å². The van der Waals surface area contributed by atoms with Gasteiger partial charge in [0.15, 0.2) is 34.7 Å². The fourth-order valence-corrected chi connectivity index (χ4v) is 5.24. The summed E-state index contributed by atoms with van der Waals surface area (Å²) in [7, 11) is 6.22. The number of rotatable bonds is 10. The molecule has 12 heteroatoms. The maximum Gasteiger partial charge on any atom is 0.264 e. The van der Waals surface area contributed by atoms with E-state index in [1.807, 2.05) is 24.3 Å². The normalized spacial score (nSPS) is 14.3. The first-order valence-corrected chi connectivity index (χ1v) is 13.0. The number of carbonyl (C=O) groups excluding carboxylic acids is 1. The van der Waals surface area contributed by atoms with E-state index in [0.29, 0.717) is 50.5 Å². The molecule has 5 rings (SSSR count). The van der Waals surface area contributed by atoms with Crippen molar-refractivity contribution in [2.45, 2.75) is 12.5 Å². The van der Waals surface area contributed by atoms with Gasteiger partial charge in [-0.2, -0.15) is 5.10 Å². The van der Waals surface area contributed by atoms with Crippen LogP contribution in [0.25, 0.3) is 10.2 Å². The lowest BCUT2D eigenvalue weighted by Gasteiger charge is -2.16. The van der Waals surface area contributed by atoms with E-state index in [-0.39, 0.29) is 18.5 Å². The number of nitrogens with zero attached hydrogens (tertiary/aromatic N) is 2. The van der Waals surface area contributed by atoms with Gasteiger partial charge in [0.2, 0.25) is 5.75 Å². The van der Waals surface area contributed by atoms with Gasteiger partial charge in [0.25, 0.3) is 5.91 Å². The van der Waals surface area contributed by atoms with Crippen molar-refractivity contribution < 1.29 is 32.9 Å². The Morgan fingerprint density at radius 1 is 0.975 bits per heavy atom. The average Bonchev–Trinajstić information content (AvgIpc) is 3.62. The smallest absolute Gasteiger partial charge is 0.264 e. The van der Waals surface area contributed by atoms with E-state index in [1.54, 1.807) is 33.5 Å². The first-order chi connectivity index (χ1) is 19.4. The van der Waals surface area contributed by atoms with Crippen molar-refractivity contribution in [3.63, 3.8) is 0 Å². The number of anilines is 1. The molecule has 0 fully saturated rings. The number of carbonyl (C=O) groups is 1. The van der Waals surface area contributed by atoms with Crippen LogP contribution in [0.2, 0.25) is 0 Å². The van der Waals surface area contributed by atoms with E-state index in [0.717, 1.165) is 16.8 Å². The molecular formula is C28H27FN4O6S. The quantitative estimate of drug-likeness (QED) is 0.278. The number of ether oxygens (including phenoxy) is 5. The molecule has 1 atom stereocenters. The zero-order valence-electron chi connectivity index (χ0n) is 22.2. The molecule has 0 aliphatic carbocycles. The molecule has 1 aliphatic heterocycles. The fraction of sp³-hybridized carbons (Fsp3) is 0.250. The molecule has 208 valence electrons. The highest BCUT2D eigenvalue weighted by Gasteiger charge is 2.25. The summed E-state index contributed by atoms with van der Waals surface area (Å²) in [6, 6.07) is 13.4. The molecule has 0 bridgehead atoms. The highest BCUT2D eigenvalue weighted by molar-refractivity contribution is 7.22. The SMILES string of the molecule is COc1ccc(C2CC(c3cc(OC)c(OC)c(OC)c3)=NN2)cc1OCC(=O)Nc1nc2ccc(F)cc2s1. The first-order valence-electron chi connectivity index (χ1n) is 12.2. The molecule has 10 nitrogen and oxygen atoms in total. The molecule has 3 aromatic carbocycles. The third kappa shape index (κ3) is 5.57. The lowest BCUT2D eigenvalue weighted by Crippen LogP contribution is -2.20. The van der Waals surface area contributed by atoms with Gasteiger partial charge < -0.3 is 29.1 Å². The second kappa shape index (κ2) is 11.7. The number of nitrogens with one attached hydrogen (secondary N) is 2. The molecule has 1 unspecified atom stereocenters. The van der Waals surface area contributed by atoms with E-state index < -0.39 is 5.91 Å². The Kier molecular flexibility index (Phi) is 7.87. The second-order valence-corrected chi connectivity index (χ2v) is 9.77. The second-order valence-electron chi connectivity index (χ2n) is 8.74. The Hall–Kier alpha value is -4.58. The molecule has 4 aromatic rings. The van der Waals surface area contributed by atoms with Gasteiger partial charge >= 0.3 is 0 Å². The Balaban J connectivity index is 1.26. The van der Waals surface area contributed by atoms with Crippen LogP contribution in [-0.2, 0) is 4.79 Å². The van der Waals surface area contributed by atoms with Crippen LogP contribution >= 0.6 is 11.3 Å². The predicted molar refractivity (Wildman–Crippen MR) is 150 cm³/mol. The van der Waals surface area contributed by atoms with Gasteiger partial charge in [0, 0.05) is 12.0 Å². The number of aromatic nitrogens is 1. The first kappa shape index (κ1) is 27.0. The Labute approximate surface area is 233 Å². The van der Waals surface area contributed by atoms with Crippen molar-refractivity contribution in [2.75, 3.05) is 40.4 Å². The number of thiazole rings is 1. The van der Waals surface area contributed by atoms with E-state index >= 15 is 0 Å². The molecule has 40 heavy (non-hydrogen) atoms. The summed E-state index contributed by atoms with van der Waals surface area (Å²) < 4.78 is 41.7. The maximum absolute atomic E-state index is 13.5. The third-order valence-corrected chi connectivity index (χ3v) is 7.23. The monoisotopic (exact) mass is 566 g/mol. The number of amides is 1. The van der Waals surface area contributed by atoms with E-state index in [4.69, 9.17) is 23.7 Å². The highest BCUT2D eigenvalue weighted by atomic mass is 32.1. The van der Waals surface area contributed by atoms with Gasteiger partial charge in [-0.3, -0.25) is 10.1 Å². The number of benzene rings is 3. The molecule has 1 aliphatic rings. The average molecular weight is 567 g/mol. The van der Waals surface area contributed by atoms with Crippen molar-refractivity contribution in [2.24, 2.45) is 5.10 Å². The van der Waals surface area contributed by atoms with Crippen molar-refractivity contribution in [3.8, 4) is 28.7 Å². The summed E-state index contributed by atoms with van der Waals surface area (Å²) >= 11 is 1.19. The Morgan fingerprint density at radius 2 is 1.73 bits per heavy atom. The molecule has 0 radical (unpaired) electrons. The summed E-state index contributed by atoms with van der Waals surface area (Å²) in [6.07, 6.45) is 0.586. The van der Waals surface area contributed by atoms with Crippen LogP contribution in [0, 0.1) is 5.82 Å². The number of hydrazone groups is 1. The van der Waals surface area contributed by atoms with Crippen molar-refractivity contribution in [1.29, 1.82) is 0 Å². The standard InChI is InChI=1S/C28H27FN4O6S/c1-35-21-8-5-15(19-13-20(33-32-19)16-10-23(36-2)27(38-4)24(11-16)37-3)9-22(21)39-14-26(34)31-28-30-18-7-6-17(29)12-25(18)40-28/h5-12,19,32H,13-14H2,1-4H3,(H,30,31,34). The zero-order chi connectivity index (χ0) is 28.2. The van der Waals surface area contributed by atoms with Crippen LogP contribution < -0.4 is 34.4 Å².